The Balaban J connectivity index is 2.30. The third-order valence-electron chi connectivity index (χ3n) is 3.48. The first kappa shape index (κ1) is 14.7. The molecular formula is C16H16N2O3. The van der Waals surface area contributed by atoms with Crippen LogP contribution >= 0.6 is 0 Å². The van der Waals surface area contributed by atoms with E-state index in [1.54, 1.807) is 32.0 Å². The van der Waals surface area contributed by atoms with Crippen molar-refractivity contribution in [3.63, 3.8) is 0 Å². The molecule has 0 saturated carbocycles. The van der Waals surface area contributed by atoms with Crippen LogP contribution in [0, 0.1) is 30.9 Å². The quantitative estimate of drug-likeness (QED) is 0.688. The van der Waals surface area contributed by atoms with Gasteiger partial charge < -0.3 is 5.32 Å². The Bertz CT molecular complexity index is 723. The van der Waals surface area contributed by atoms with Gasteiger partial charge in [0.25, 0.3) is 11.6 Å². The smallest absolute Gasteiger partial charge is 0.272 e. The molecule has 0 aliphatic carbocycles. The number of aryl methyl sites for hydroxylation is 1. The number of rotatable bonds is 3. The van der Waals surface area contributed by atoms with Gasteiger partial charge in [-0.1, -0.05) is 17.7 Å². The van der Waals surface area contributed by atoms with Gasteiger partial charge in [0.05, 0.1) is 4.92 Å². The molecular weight excluding hydrogens is 268 g/mol. The lowest BCUT2D eigenvalue weighted by atomic mass is 10.1. The fourth-order valence-corrected chi connectivity index (χ4v) is 2.12. The van der Waals surface area contributed by atoms with Crippen molar-refractivity contribution >= 4 is 17.3 Å². The van der Waals surface area contributed by atoms with Crippen LogP contribution < -0.4 is 5.32 Å². The van der Waals surface area contributed by atoms with E-state index in [4.69, 9.17) is 0 Å². The predicted octanol–water partition coefficient (Wildman–Crippen LogP) is 3.77. The molecule has 2 aromatic carbocycles. The molecule has 1 amide bonds. The van der Waals surface area contributed by atoms with E-state index < -0.39 is 4.92 Å². The van der Waals surface area contributed by atoms with Gasteiger partial charge in [-0.15, -0.1) is 0 Å². The van der Waals surface area contributed by atoms with Crippen molar-refractivity contribution in [2.75, 3.05) is 5.32 Å². The first-order chi connectivity index (χ1) is 9.90. The number of benzene rings is 2. The number of anilines is 1. The second-order valence-corrected chi connectivity index (χ2v) is 4.96. The van der Waals surface area contributed by atoms with Crippen molar-refractivity contribution in [1.29, 1.82) is 0 Å². The van der Waals surface area contributed by atoms with Crippen molar-refractivity contribution in [2.45, 2.75) is 20.8 Å². The first-order valence-electron chi connectivity index (χ1n) is 6.52. The maximum absolute atomic E-state index is 12.2. The molecule has 2 aromatic rings. The van der Waals surface area contributed by atoms with Crippen LogP contribution in [0.3, 0.4) is 0 Å². The zero-order chi connectivity index (χ0) is 15.6. The summed E-state index contributed by atoms with van der Waals surface area (Å²) in [4.78, 5) is 22.7. The monoisotopic (exact) mass is 284 g/mol. The Kier molecular flexibility index (Phi) is 4.03. The molecule has 5 nitrogen and oxygen atoms in total. The summed E-state index contributed by atoms with van der Waals surface area (Å²) in [5.41, 5.74) is 3.46. The molecule has 0 aromatic heterocycles. The molecule has 0 heterocycles. The Morgan fingerprint density at radius 3 is 2.43 bits per heavy atom. The highest BCUT2D eigenvalue weighted by atomic mass is 16.6. The average Bonchev–Trinajstić information content (AvgIpc) is 2.43. The van der Waals surface area contributed by atoms with Gasteiger partial charge in [0.1, 0.15) is 0 Å². The molecule has 108 valence electrons. The average molecular weight is 284 g/mol. The first-order valence-corrected chi connectivity index (χ1v) is 6.52. The molecule has 0 saturated heterocycles. The second kappa shape index (κ2) is 5.75. The molecule has 0 atom stereocenters. The molecule has 5 heteroatoms. The van der Waals surface area contributed by atoms with Crippen molar-refractivity contribution in [3.8, 4) is 0 Å². The van der Waals surface area contributed by atoms with E-state index in [2.05, 4.69) is 5.32 Å². The van der Waals surface area contributed by atoms with Crippen molar-refractivity contribution in [2.24, 2.45) is 0 Å². The predicted molar refractivity (Wildman–Crippen MR) is 81.7 cm³/mol. The molecule has 0 aliphatic rings. The van der Waals surface area contributed by atoms with Crippen molar-refractivity contribution in [1.82, 2.24) is 0 Å². The van der Waals surface area contributed by atoms with Crippen LogP contribution in [0.1, 0.15) is 27.0 Å². The molecule has 0 spiro atoms. The zero-order valence-electron chi connectivity index (χ0n) is 12.1. The third-order valence-corrected chi connectivity index (χ3v) is 3.48. The molecule has 2 rings (SSSR count). The standard InChI is InChI=1S/C16H16N2O3/c1-10-5-4-6-13(9-10)16(19)17-14-7-8-15(18(20)21)12(3)11(14)2/h4-9H,1-3H3,(H,17,19). The van der Waals surface area contributed by atoms with Crippen LogP contribution in [0.25, 0.3) is 0 Å². The van der Waals surface area contributed by atoms with Gasteiger partial charge in [0.15, 0.2) is 0 Å². The van der Waals surface area contributed by atoms with E-state index in [1.165, 1.54) is 6.07 Å². The number of nitro groups is 1. The van der Waals surface area contributed by atoms with Crippen LogP contribution in [0.4, 0.5) is 11.4 Å². The van der Waals surface area contributed by atoms with E-state index in [-0.39, 0.29) is 11.6 Å². The maximum atomic E-state index is 12.2. The summed E-state index contributed by atoms with van der Waals surface area (Å²) >= 11 is 0. The van der Waals surface area contributed by atoms with E-state index in [0.29, 0.717) is 22.4 Å². The summed E-state index contributed by atoms with van der Waals surface area (Å²) in [5.74, 6) is -0.227. The Labute approximate surface area is 122 Å². The minimum Gasteiger partial charge on any atom is -0.322 e. The van der Waals surface area contributed by atoms with Crippen LogP contribution in [0.5, 0.6) is 0 Å². The lowest BCUT2D eigenvalue weighted by Crippen LogP contribution is -2.13. The normalized spacial score (nSPS) is 10.2. The number of nitro benzene ring substituents is 1. The Morgan fingerprint density at radius 1 is 1.10 bits per heavy atom. The summed E-state index contributed by atoms with van der Waals surface area (Å²) in [6, 6.07) is 10.2. The van der Waals surface area contributed by atoms with Crippen LogP contribution in [-0.4, -0.2) is 10.8 Å². The van der Waals surface area contributed by atoms with Gasteiger partial charge in [-0.25, -0.2) is 0 Å². The molecule has 0 aliphatic heterocycles. The van der Waals surface area contributed by atoms with Crippen molar-refractivity contribution in [3.05, 3.63) is 68.8 Å². The lowest BCUT2D eigenvalue weighted by Gasteiger charge is -2.11. The minimum atomic E-state index is -0.422. The van der Waals surface area contributed by atoms with Gasteiger partial charge in [-0.2, -0.15) is 0 Å². The number of nitrogens with one attached hydrogen (secondary N) is 1. The van der Waals surface area contributed by atoms with Gasteiger partial charge in [-0.05, 0) is 44.5 Å². The molecule has 1 N–H and O–H groups in total. The summed E-state index contributed by atoms with van der Waals surface area (Å²) < 4.78 is 0. The molecule has 0 bridgehead atoms. The Hall–Kier alpha value is -2.69. The molecule has 0 radical (unpaired) electrons. The van der Waals surface area contributed by atoms with Gasteiger partial charge in [-0.3, -0.25) is 14.9 Å². The summed E-state index contributed by atoms with van der Waals surface area (Å²) in [5, 5.41) is 13.7. The van der Waals surface area contributed by atoms with E-state index in [0.717, 1.165) is 5.56 Å². The number of hydrogen-bond donors (Lipinski definition) is 1. The topological polar surface area (TPSA) is 72.2 Å². The van der Waals surface area contributed by atoms with E-state index in [9.17, 15) is 14.9 Å². The van der Waals surface area contributed by atoms with E-state index in [1.807, 2.05) is 19.1 Å². The van der Waals surface area contributed by atoms with Gasteiger partial charge >= 0.3 is 0 Å². The fourth-order valence-electron chi connectivity index (χ4n) is 2.12. The third kappa shape index (κ3) is 3.08. The molecule has 0 unspecified atom stereocenters. The summed E-state index contributed by atoms with van der Waals surface area (Å²) in [6.45, 7) is 5.35. The maximum Gasteiger partial charge on any atom is 0.272 e. The molecule has 0 fully saturated rings. The highest BCUT2D eigenvalue weighted by Gasteiger charge is 2.16. The molecule has 21 heavy (non-hydrogen) atoms. The van der Waals surface area contributed by atoms with Crippen LogP contribution in [0.15, 0.2) is 36.4 Å². The zero-order valence-corrected chi connectivity index (χ0v) is 12.1. The van der Waals surface area contributed by atoms with Crippen molar-refractivity contribution < 1.29 is 9.72 Å². The van der Waals surface area contributed by atoms with Crippen LogP contribution in [-0.2, 0) is 0 Å². The summed E-state index contributed by atoms with van der Waals surface area (Å²) in [7, 11) is 0. The lowest BCUT2D eigenvalue weighted by molar-refractivity contribution is -0.385. The number of carbonyl (C=O) groups is 1. The number of carbonyl (C=O) groups excluding carboxylic acids is 1. The number of hydrogen-bond acceptors (Lipinski definition) is 3. The fraction of sp³-hybridized carbons (Fsp3) is 0.188. The minimum absolute atomic E-state index is 0.0565. The largest absolute Gasteiger partial charge is 0.322 e. The number of nitrogens with zero attached hydrogens (tertiary/aromatic N) is 1. The SMILES string of the molecule is Cc1cccc(C(=O)Nc2ccc([N+](=O)[O-])c(C)c2C)c1. The Morgan fingerprint density at radius 2 is 1.81 bits per heavy atom. The number of amides is 1. The highest BCUT2D eigenvalue weighted by Crippen LogP contribution is 2.27. The van der Waals surface area contributed by atoms with Gasteiger partial charge in [0, 0.05) is 22.9 Å². The highest BCUT2D eigenvalue weighted by molar-refractivity contribution is 6.04. The van der Waals surface area contributed by atoms with E-state index >= 15 is 0 Å². The second-order valence-electron chi connectivity index (χ2n) is 4.96. The van der Waals surface area contributed by atoms with Gasteiger partial charge in [0.2, 0.25) is 0 Å². The van der Waals surface area contributed by atoms with Crippen LogP contribution in [0.2, 0.25) is 0 Å². The summed E-state index contributed by atoms with van der Waals surface area (Å²) in [6.07, 6.45) is 0.